The number of carbonyl (C=O) groups is 4. The molecule has 1 heterocycles. The molecule has 0 aliphatic carbocycles. The molecular formula is C28H40KNO14S2Si. The molecule has 0 unspecified atom stereocenters. The summed E-state index contributed by atoms with van der Waals surface area (Å²) in [5.74, 6) is -2.69. The second kappa shape index (κ2) is 18.4. The largest absolute Gasteiger partial charge is 1.00 e. The van der Waals surface area contributed by atoms with Gasteiger partial charge in [0.2, 0.25) is 8.32 Å². The first-order chi connectivity index (χ1) is 21.1. The predicted molar refractivity (Wildman–Crippen MR) is 166 cm³/mol. The molecule has 1 aliphatic rings. The molecule has 258 valence electrons. The number of oxime groups is 1. The molecule has 47 heavy (non-hydrogen) atoms. The van der Waals surface area contributed by atoms with Gasteiger partial charge in [-0.1, -0.05) is 55.9 Å². The average Bonchev–Trinajstić information content (AvgIpc) is 2.88. The Kier molecular flexibility index (Phi) is 17.1. The van der Waals surface area contributed by atoms with E-state index < -0.39 is 79.1 Å². The maximum absolute atomic E-state index is 12.2. The van der Waals surface area contributed by atoms with Crippen molar-refractivity contribution in [1.82, 2.24) is 0 Å². The maximum Gasteiger partial charge on any atom is 1.00 e. The molecule has 15 nitrogen and oxygen atoms in total. The monoisotopic (exact) mass is 745 g/mol. The van der Waals surface area contributed by atoms with Gasteiger partial charge in [0.25, 0.3) is 10.4 Å². The van der Waals surface area contributed by atoms with E-state index in [2.05, 4.69) is 30.2 Å². The van der Waals surface area contributed by atoms with Gasteiger partial charge in [-0.05, 0) is 29.8 Å². The van der Waals surface area contributed by atoms with Gasteiger partial charge in [-0.2, -0.15) is 8.42 Å². The summed E-state index contributed by atoms with van der Waals surface area (Å²) in [6.45, 7) is 14.2. The van der Waals surface area contributed by atoms with Crippen molar-refractivity contribution in [3.63, 3.8) is 0 Å². The molecule has 1 aromatic carbocycles. The van der Waals surface area contributed by atoms with Crippen LogP contribution >= 0.6 is 11.8 Å². The molecule has 0 aromatic heterocycles. The van der Waals surface area contributed by atoms with Crippen molar-refractivity contribution in [1.29, 1.82) is 0 Å². The van der Waals surface area contributed by atoms with Crippen LogP contribution in [0.25, 0.3) is 0 Å². The number of hydrogen-bond acceptors (Lipinski definition) is 16. The van der Waals surface area contributed by atoms with E-state index in [1.165, 1.54) is 0 Å². The van der Waals surface area contributed by atoms with Gasteiger partial charge in [0.15, 0.2) is 18.3 Å². The van der Waals surface area contributed by atoms with E-state index in [0.29, 0.717) is 23.1 Å². The fourth-order valence-electron chi connectivity index (χ4n) is 3.94. The van der Waals surface area contributed by atoms with E-state index in [9.17, 15) is 32.1 Å². The molecule has 1 saturated heterocycles. The number of benzene rings is 1. The summed E-state index contributed by atoms with van der Waals surface area (Å²) in [6, 6.07) is 6.92. The smallest absolute Gasteiger partial charge is 0.714 e. The fourth-order valence-corrected chi connectivity index (χ4v) is 6.35. The Hall–Kier alpha value is -1.56. The standard InChI is InChI=1S/C28H41NO14S2Si.K/c1-16(30)37-15-22-24(38-17(2)31)25(39-18(3)32)26(40-19(4)33)27(41-22)44-23(29-43-45(34,35)36)14-20-12-10-11-13-21(20)42-46(8,9)28(5,6)7;/h10-13,22,24-27H,14-15H2,1-9H3,(H,34,35,36);/q;+1/p-1/b29-23-;/t22-,24-,25+,26-,27+;/m1./s1. The van der Waals surface area contributed by atoms with Gasteiger partial charge in [-0.25, -0.2) is 0 Å². The number of carbonyl (C=O) groups excluding carboxylic acids is 4. The number of nitrogens with zero attached hydrogens (tertiary/aromatic N) is 1. The molecule has 19 heteroatoms. The van der Waals surface area contributed by atoms with E-state index >= 15 is 0 Å². The van der Waals surface area contributed by atoms with Crippen molar-refractivity contribution in [2.45, 2.75) is 103 Å². The summed E-state index contributed by atoms with van der Waals surface area (Å²) in [5.41, 5.74) is -0.818. The molecule has 1 aromatic rings. The van der Waals surface area contributed by atoms with Crippen LogP contribution in [0.4, 0.5) is 0 Å². The van der Waals surface area contributed by atoms with Crippen molar-refractivity contribution in [3.05, 3.63) is 29.8 Å². The Balaban J connectivity index is 0.0000110. The quantitative estimate of drug-likeness (QED) is 0.0411. The van der Waals surface area contributed by atoms with Crippen molar-refractivity contribution < 1.29 is 116 Å². The van der Waals surface area contributed by atoms with Crippen LogP contribution in [0.15, 0.2) is 29.4 Å². The van der Waals surface area contributed by atoms with Crippen LogP contribution in [0.2, 0.25) is 18.1 Å². The second-order valence-electron chi connectivity index (χ2n) is 11.8. The molecule has 1 fully saturated rings. The number of esters is 4. The third-order valence-electron chi connectivity index (χ3n) is 6.92. The molecule has 0 spiro atoms. The minimum absolute atomic E-state index is 0. The maximum atomic E-state index is 12.2. The second-order valence-corrected chi connectivity index (χ2v) is 18.7. The predicted octanol–water partition coefficient (Wildman–Crippen LogP) is 0.224. The molecule has 0 saturated carbocycles. The van der Waals surface area contributed by atoms with Crippen molar-refractivity contribution >= 4 is 59.4 Å². The zero-order valence-electron chi connectivity index (χ0n) is 28.1. The summed E-state index contributed by atoms with van der Waals surface area (Å²) in [6.07, 6.45) is -5.77. The topological polar surface area (TPSA) is 202 Å². The van der Waals surface area contributed by atoms with Crippen LogP contribution in [0.3, 0.4) is 0 Å². The van der Waals surface area contributed by atoms with Crippen molar-refractivity contribution in [2.75, 3.05) is 6.61 Å². The molecule has 0 bridgehead atoms. The van der Waals surface area contributed by atoms with Crippen LogP contribution in [-0.4, -0.2) is 86.7 Å². The Labute approximate surface area is 322 Å². The van der Waals surface area contributed by atoms with Crippen LogP contribution in [0.1, 0.15) is 54.0 Å². The van der Waals surface area contributed by atoms with Crippen LogP contribution in [0.5, 0.6) is 5.75 Å². The summed E-state index contributed by atoms with van der Waals surface area (Å²) in [4.78, 5) is 48.0. The minimum atomic E-state index is -5.31. The molecular weight excluding hydrogens is 706 g/mol. The zero-order valence-corrected chi connectivity index (χ0v) is 33.8. The van der Waals surface area contributed by atoms with E-state index in [4.69, 9.17) is 28.1 Å². The Morgan fingerprint density at radius 2 is 1.45 bits per heavy atom. The normalized spacial score (nSPS) is 21.8. The zero-order chi connectivity index (χ0) is 35.0. The van der Waals surface area contributed by atoms with E-state index in [1.807, 2.05) is 13.1 Å². The first kappa shape index (κ1) is 43.5. The van der Waals surface area contributed by atoms with E-state index in [1.54, 1.807) is 24.3 Å². The van der Waals surface area contributed by atoms with Crippen LogP contribution in [0, 0.1) is 0 Å². The SMILES string of the molecule is CC(=O)OC[C@H]1O[C@@H](S/C(Cc2ccccc2O[Si](C)(C)C(C)(C)C)=N\OS(=O)(=O)[O-])[C@H](OC(C)=O)[C@@H](OC(C)=O)[C@@H]1OC(C)=O.[K+]. The minimum Gasteiger partial charge on any atom is -0.714 e. The third-order valence-corrected chi connectivity index (χ3v) is 12.6. The molecule has 2 rings (SSSR count). The van der Waals surface area contributed by atoms with Gasteiger partial charge in [0.05, 0.1) is 0 Å². The van der Waals surface area contributed by atoms with Gasteiger partial charge < -0.3 is 32.7 Å². The summed E-state index contributed by atoms with van der Waals surface area (Å²) in [7, 11) is -7.67. The first-order valence-corrected chi connectivity index (χ1v) is 19.2. The average molecular weight is 746 g/mol. The van der Waals surface area contributed by atoms with Gasteiger partial charge in [-0.15, -0.1) is 0 Å². The number of ether oxygens (including phenoxy) is 5. The number of hydrogen-bond donors (Lipinski definition) is 0. The third kappa shape index (κ3) is 14.4. The number of para-hydroxylation sites is 1. The molecule has 0 N–H and O–H groups in total. The Bertz CT molecular complexity index is 1420. The van der Waals surface area contributed by atoms with Crippen molar-refractivity contribution in [2.24, 2.45) is 5.16 Å². The van der Waals surface area contributed by atoms with Crippen LogP contribution in [-0.2, 0) is 64.0 Å². The molecule has 5 atom stereocenters. The summed E-state index contributed by atoms with van der Waals surface area (Å²) < 4.78 is 72.4. The van der Waals surface area contributed by atoms with Gasteiger partial charge in [-0.3, -0.25) is 23.5 Å². The number of thioether (sulfide) groups is 1. The molecule has 0 radical (unpaired) electrons. The van der Waals surface area contributed by atoms with Crippen LogP contribution < -0.4 is 55.8 Å². The molecule has 1 aliphatic heterocycles. The van der Waals surface area contributed by atoms with E-state index in [0.717, 1.165) is 27.7 Å². The Morgan fingerprint density at radius 3 is 1.96 bits per heavy atom. The summed E-state index contributed by atoms with van der Waals surface area (Å²) >= 11 is 0.679. The fraction of sp³-hybridized carbons (Fsp3) is 0.607. The van der Waals surface area contributed by atoms with Gasteiger partial charge >= 0.3 is 75.3 Å². The summed E-state index contributed by atoms with van der Waals surface area (Å²) in [5, 5.41) is 3.26. The first-order valence-electron chi connectivity index (χ1n) is 14.0. The van der Waals surface area contributed by atoms with E-state index in [-0.39, 0.29) is 67.9 Å². The Morgan fingerprint density at radius 1 is 0.915 bits per heavy atom. The van der Waals surface area contributed by atoms with Gasteiger partial charge in [0.1, 0.15) is 28.9 Å². The van der Waals surface area contributed by atoms with Crippen molar-refractivity contribution in [3.8, 4) is 5.75 Å². The molecule has 0 amide bonds. The van der Waals surface area contributed by atoms with Gasteiger partial charge in [0, 0.05) is 34.1 Å². The number of rotatable bonds is 12.